The van der Waals surface area contributed by atoms with Gasteiger partial charge in [-0.25, -0.2) is 4.68 Å². The lowest BCUT2D eigenvalue weighted by atomic mass is 10.1. The number of carbonyl (C=O) groups excluding carboxylic acids is 1. The number of aromatic nitrogens is 2. The molecule has 0 spiro atoms. The van der Waals surface area contributed by atoms with Crippen LogP contribution in [0.2, 0.25) is 10.0 Å². The van der Waals surface area contributed by atoms with Gasteiger partial charge in [-0.05, 0) is 54.6 Å². The number of rotatable bonds is 6. The molecule has 5 rings (SSSR count). The Balaban J connectivity index is 1.45. The summed E-state index contributed by atoms with van der Waals surface area (Å²) in [5.74, 6) is 0.518. The van der Waals surface area contributed by atoms with Gasteiger partial charge in [-0.15, -0.1) is 0 Å². The molecule has 6 heteroatoms. The van der Waals surface area contributed by atoms with Crippen LogP contribution in [0.1, 0.15) is 16.1 Å². The number of benzene rings is 3. The molecule has 2 heterocycles. The summed E-state index contributed by atoms with van der Waals surface area (Å²) in [4.78, 5) is 12.9. The van der Waals surface area contributed by atoms with E-state index in [1.165, 1.54) is 6.08 Å². The van der Waals surface area contributed by atoms with Gasteiger partial charge in [-0.3, -0.25) is 4.79 Å². The third-order valence-electron chi connectivity index (χ3n) is 5.28. The lowest BCUT2D eigenvalue weighted by Crippen LogP contribution is -1.93. The van der Waals surface area contributed by atoms with Gasteiger partial charge in [0.05, 0.1) is 21.4 Å². The summed E-state index contributed by atoms with van der Waals surface area (Å²) in [5.41, 5.74) is 4.24. The van der Waals surface area contributed by atoms with Crippen molar-refractivity contribution in [2.24, 2.45) is 0 Å². The van der Waals surface area contributed by atoms with Crippen LogP contribution in [0.15, 0.2) is 108 Å². The number of carbonyl (C=O) groups is 1. The topological polar surface area (TPSA) is 48.0 Å². The van der Waals surface area contributed by atoms with Crippen molar-refractivity contribution in [3.05, 3.63) is 125 Å². The summed E-state index contributed by atoms with van der Waals surface area (Å²) in [6.07, 6.45) is 5.17. The number of furan rings is 1. The van der Waals surface area contributed by atoms with Gasteiger partial charge in [-0.1, -0.05) is 71.7 Å². The maximum Gasteiger partial charge on any atom is 0.221 e. The zero-order valence-electron chi connectivity index (χ0n) is 17.9. The standard InChI is InChI=1S/C28H18Cl2N2O2/c29-23-13-11-20(17-24(23)30)26-15-16-27(34-26)25(33)14-12-21-18-32(22-9-5-2-6-10-22)31-28(21)19-7-3-1-4-8-19/h1-18H/b14-12+. The van der Waals surface area contributed by atoms with E-state index in [0.717, 1.165) is 28.1 Å². The molecule has 3 aromatic carbocycles. The average molecular weight is 485 g/mol. The van der Waals surface area contributed by atoms with Crippen LogP contribution in [0.25, 0.3) is 34.3 Å². The molecule has 0 saturated heterocycles. The van der Waals surface area contributed by atoms with E-state index in [9.17, 15) is 4.79 Å². The second-order valence-electron chi connectivity index (χ2n) is 7.57. The number of hydrogen-bond acceptors (Lipinski definition) is 3. The molecule has 166 valence electrons. The van der Waals surface area contributed by atoms with Crippen LogP contribution in [0.5, 0.6) is 0 Å². The van der Waals surface area contributed by atoms with E-state index in [-0.39, 0.29) is 11.5 Å². The Bertz CT molecular complexity index is 1490. The molecular weight excluding hydrogens is 467 g/mol. The summed E-state index contributed by atoms with van der Waals surface area (Å²) >= 11 is 12.1. The van der Waals surface area contributed by atoms with Crippen molar-refractivity contribution in [2.45, 2.75) is 0 Å². The molecule has 0 saturated carbocycles. The Kier molecular flexibility index (Phi) is 6.17. The molecule has 0 aliphatic carbocycles. The lowest BCUT2D eigenvalue weighted by Gasteiger charge is -2.00. The molecule has 0 aliphatic rings. The van der Waals surface area contributed by atoms with E-state index in [0.29, 0.717) is 15.8 Å². The molecule has 2 aromatic heterocycles. The summed E-state index contributed by atoms with van der Waals surface area (Å²) in [6.45, 7) is 0. The Morgan fingerprint density at radius 1 is 0.824 bits per heavy atom. The van der Waals surface area contributed by atoms with Gasteiger partial charge in [0.15, 0.2) is 5.76 Å². The molecule has 0 bridgehead atoms. The first-order valence-electron chi connectivity index (χ1n) is 10.6. The zero-order chi connectivity index (χ0) is 23.5. The molecule has 4 nitrogen and oxygen atoms in total. The summed E-state index contributed by atoms with van der Waals surface area (Å²) < 4.78 is 7.59. The minimum Gasteiger partial charge on any atom is -0.453 e. The molecule has 0 fully saturated rings. The number of hydrogen-bond donors (Lipinski definition) is 0. The highest BCUT2D eigenvalue weighted by Crippen LogP contribution is 2.30. The summed E-state index contributed by atoms with van der Waals surface area (Å²) in [7, 11) is 0. The molecule has 0 N–H and O–H groups in total. The van der Waals surface area contributed by atoms with E-state index in [1.54, 1.807) is 36.4 Å². The summed E-state index contributed by atoms with van der Waals surface area (Å²) in [5, 5.41) is 5.65. The normalized spacial score (nSPS) is 11.2. The fourth-order valence-corrected chi connectivity index (χ4v) is 3.86. The predicted molar refractivity (Wildman–Crippen MR) is 137 cm³/mol. The highest BCUT2D eigenvalue weighted by Gasteiger charge is 2.13. The van der Waals surface area contributed by atoms with Gasteiger partial charge in [0.25, 0.3) is 0 Å². The second-order valence-corrected chi connectivity index (χ2v) is 8.38. The van der Waals surface area contributed by atoms with Gasteiger partial charge < -0.3 is 4.42 Å². The molecular formula is C28H18Cl2N2O2. The highest BCUT2D eigenvalue weighted by molar-refractivity contribution is 6.42. The SMILES string of the molecule is O=C(/C=C/c1cn(-c2ccccc2)nc1-c1ccccc1)c1ccc(-c2ccc(Cl)c(Cl)c2)o1. The van der Waals surface area contributed by atoms with Crippen LogP contribution in [0.3, 0.4) is 0 Å². The smallest absolute Gasteiger partial charge is 0.221 e. The number of halogens is 2. The number of nitrogens with zero attached hydrogens (tertiary/aromatic N) is 2. The number of para-hydroxylation sites is 1. The van der Waals surface area contributed by atoms with E-state index < -0.39 is 0 Å². The van der Waals surface area contributed by atoms with Crippen LogP contribution in [-0.2, 0) is 0 Å². The Morgan fingerprint density at radius 2 is 1.56 bits per heavy atom. The van der Waals surface area contributed by atoms with Gasteiger partial charge in [-0.2, -0.15) is 5.10 Å². The Labute approximate surface area is 206 Å². The second kappa shape index (κ2) is 9.56. The number of allylic oxidation sites excluding steroid dienone is 1. The Morgan fingerprint density at radius 3 is 2.29 bits per heavy atom. The van der Waals surface area contributed by atoms with Crippen LogP contribution in [0, 0.1) is 0 Å². The van der Waals surface area contributed by atoms with E-state index >= 15 is 0 Å². The first-order valence-corrected chi connectivity index (χ1v) is 11.3. The molecule has 5 aromatic rings. The van der Waals surface area contributed by atoms with E-state index in [2.05, 4.69) is 0 Å². The summed E-state index contributed by atoms with van der Waals surface area (Å²) in [6, 6.07) is 28.3. The Hall–Kier alpha value is -3.86. The maximum absolute atomic E-state index is 12.9. The highest BCUT2D eigenvalue weighted by atomic mass is 35.5. The third-order valence-corrected chi connectivity index (χ3v) is 6.02. The first kappa shape index (κ1) is 22.0. The first-order chi connectivity index (χ1) is 16.6. The average Bonchev–Trinajstić information content (AvgIpc) is 3.53. The fourth-order valence-electron chi connectivity index (χ4n) is 3.57. The quantitative estimate of drug-likeness (QED) is 0.181. The predicted octanol–water partition coefficient (Wildman–Crippen LogP) is 8.00. The van der Waals surface area contributed by atoms with Gasteiger partial charge in [0, 0.05) is 22.9 Å². The maximum atomic E-state index is 12.9. The molecule has 0 amide bonds. The fraction of sp³-hybridized carbons (Fsp3) is 0. The minimum absolute atomic E-state index is 0.231. The van der Waals surface area contributed by atoms with E-state index in [1.807, 2.05) is 71.5 Å². The van der Waals surface area contributed by atoms with Crippen molar-refractivity contribution in [1.29, 1.82) is 0 Å². The minimum atomic E-state index is -0.252. The lowest BCUT2D eigenvalue weighted by molar-refractivity contribution is 0.102. The molecule has 34 heavy (non-hydrogen) atoms. The van der Waals surface area contributed by atoms with Crippen molar-refractivity contribution in [2.75, 3.05) is 0 Å². The molecule has 0 unspecified atom stereocenters. The van der Waals surface area contributed by atoms with Gasteiger partial charge in [0.2, 0.25) is 5.78 Å². The van der Waals surface area contributed by atoms with Gasteiger partial charge in [0.1, 0.15) is 5.76 Å². The van der Waals surface area contributed by atoms with Crippen molar-refractivity contribution >= 4 is 35.1 Å². The molecule has 0 atom stereocenters. The van der Waals surface area contributed by atoms with E-state index in [4.69, 9.17) is 32.7 Å². The third kappa shape index (κ3) is 4.60. The largest absolute Gasteiger partial charge is 0.453 e. The van der Waals surface area contributed by atoms with Crippen LogP contribution in [0.4, 0.5) is 0 Å². The van der Waals surface area contributed by atoms with Crippen molar-refractivity contribution in [1.82, 2.24) is 9.78 Å². The monoisotopic (exact) mass is 484 g/mol. The zero-order valence-corrected chi connectivity index (χ0v) is 19.4. The van der Waals surface area contributed by atoms with Crippen LogP contribution < -0.4 is 0 Å². The van der Waals surface area contributed by atoms with Crippen LogP contribution in [-0.4, -0.2) is 15.6 Å². The van der Waals surface area contributed by atoms with Crippen molar-refractivity contribution < 1.29 is 9.21 Å². The van der Waals surface area contributed by atoms with Gasteiger partial charge >= 0.3 is 0 Å². The van der Waals surface area contributed by atoms with Crippen molar-refractivity contribution in [3.8, 4) is 28.3 Å². The molecule has 0 radical (unpaired) electrons. The van der Waals surface area contributed by atoms with Crippen molar-refractivity contribution in [3.63, 3.8) is 0 Å². The number of ketones is 1. The molecule has 0 aliphatic heterocycles. The van der Waals surface area contributed by atoms with Crippen LogP contribution >= 0.6 is 23.2 Å².